The molecular weight excluding hydrogens is 436 g/mol. The molecule has 3 rings (SSSR count). The Balaban J connectivity index is 1.67. The summed E-state index contributed by atoms with van der Waals surface area (Å²) < 4.78 is 6.92. The van der Waals surface area contributed by atoms with Crippen LogP contribution in [-0.2, 0) is 11.3 Å². The van der Waals surface area contributed by atoms with E-state index in [1.165, 1.54) is 0 Å². The lowest BCUT2D eigenvalue weighted by molar-refractivity contribution is -0.120. The number of benzene rings is 1. The Morgan fingerprint density at radius 3 is 2.62 bits per heavy atom. The fraction of sp³-hybridized carbons (Fsp3) is 0.619. The van der Waals surface area contributed by atoms with E-state index in [1.54, 1.807) is 4.90 Å². The van der Waals surface area contributed by atoms with Gasteiger partial charge in [-0.1, -0.05) is 19.9 Å². The number of carbonyl (C=O) groups is 2. The molecule has 29 heavy (non-hydrogen) atoms. The van der Waals surface area contributed by atoms with Crippen molar-refractivity contribution in [2.45, 2.75) is 51.8 Å². The molecular formula is C21H31BrN4O3. The largest absolute Gasteiger partial charge is 0.488 e. The molecule has 0 aliphatic carbocycles. The van der Waals surface area contributed by atoms with Crippen LogP contribution in [0.2, 0.25) is 0 Å². The number of imide groups is 1. The average molecular weight is 467 g/mol. The first kappa shape index (κ1) is 22.1. The van der Waals surface area contributed by atoms with Gasteiger partial charge in [0.05, 0.1) is 4.47 Å². The summed E-state index contributed by atoms with van der Waals surface area (Å²) in [6, 6.07) is 5.68. The summed E-state index contributed by atoms with van der Waals surface area (Å²) in [4.78, 5) is 26.7. The molecule has 1 aromatic rings. The van der Waals surface area contributed by atoms with Crippen LogP contribution in [0.4, 0.5) is 4.79 Å². The van der Waals surface area contributed by atoms with Crippen molar-refractivity contribution < 1.29 is 14.3 Å². The highest BCUT2D eigenvalue weighted by atomic mass is 79.9. The standard InChI is InChI=1S/C21H31BrN4O3/c1-14(2)9-20(27)25-21(28)26(16-5-7-23-11-16)13-15-3-4-19(18(22)10-15)29-17-6-8-24-12-17/h3-4,10,14,16-17,23-24H,5-9,11-13H2,1-2H3,(H,25,27,28)/t16-,17+/m0/s1. The highest BCUT2D eigenvalue weighted by Gasteiger charge is 2.28. The molecule has 7 nitrogen and oxygen atoms in total. The van der Waals surface area contributed by atoms with Gasteiger partial charge in [0.1, 0.15) is 11.9 Å². The predicted molar refractivity (Wildman–Crippen MR) is 116 cm³/mol. The Morgan fingerprint density at radius 1 is 1.24 bits per heavy atom. The van der Waals surface area contributed by atoms with Crippen LogP contribution in [0, 0.1) is 5.92 Å². The maximum Gasteiger partial charge on any atom is 0.324 e. The normalized spacial score (nSPS) is 21.4. The summed E-state index contributed by atoms with van der Waals surface area (Å²) in [6.07, 6.45) is 2.41. The summed E-state index contributed by atoms with van der Waals surface area (Å²) in [5.74, 6) is 0.798. The monoisotopic (exact) mass is 466 g/mol. The second-order valence-corrected chi connectivity index (χ2v) is 9.08. The summed E-state index contributed by atoms with van der Waals surface area (Å²) in [5.41, 5.74) is 0.993. The molecule has 2 saturated heterocycles. The zero-order chi connectivity index (χ0) is 20.8. The molecule has 160 valence electrons. The number of nitrogens with zero attached hydrogens (tertiary/aromatic N) is 1. The topological polar surface area (TPSA) is 82.7 Å². The van der Waals surface area contributed by atoms with E-state index in [9.17, 15) is 9.59 Å². The lowest BCUT2D eigenvalue weighted by Gasteiger charge is -2.29. The van der Waals surface area contributed by atoms with Gasteiger partial charge in [0.15, 0.2) is 0 Å². The third-order valence-corrected chi connectivity index (χ3v) is 5.85. The van der Waals surface area contributed by atoms with Crippen LogP contribution in [0.3, 0.4) is 0 Å². The highest BCUT2D eigenvalue weighted by Crippen LogP contribution is 2.29. The van der Waals surface area contributed by atoms with Crippen molar-refractivity contribution in [1.29, 1.82) is 0 Å². The van der Waals surface area contributed by atoms with Gasteiger partial charge >= 0.3 is 6.03 Å². The van der Waals surface area contributed by atoms with Crippen molar-refractivity contribution in [1.82, 2.24) is 20.9 Å². The van der Waals surface area contributed by atoms with Crippen LogP contribution in [0.5, 0.6) is 5.75 Å². The number of halogens is 1. The van der Waals surface area contributed by atoms with Gasteiger partial charge in [0.2, 0.25) is 5.91 Å². The second-order valence-electron chi connectivity index (χ2n) is 8.22. The van der Waals surface area contributed by atoms with E-state index >= 15 is 0 Å². The second kappa shape index (κ2) is 10.4. The number of urea groups is 1. The van der Waals surface area contributed by atoms with Crippen molar-refractivity contribution >= 4 is 27.9 Å². The SMILES string of the molecule is CC(C)CC(=O)NC(=O)N(Cc1ccc(O[C@@H]2CCNC2)c(Br)c1)[C@H]1CCNC1. The van der Waals surface area contributed by atoms with E-state index in [1.807, 2.05) is 32.0 Å². The van der Waals surface area contributed by atoms with Gasteiger partial charge < -0.3 is 20.3 Å². The molecule has 2 atom stereocenters. The van der Waals surface area contributed by atoms with Crippen LogP contribution in [-0.4, -0.2) is 55.2 Å². The third-order valence-electron chi connectivity index (χ3n) is 5.23. The third kappa shape index (κ3) is 6.42. The molecule has 3 N–H and O–H groups in total. The number of rotatable bonds is 7. The lowest BCUT2D eigenvalue weighted by atomic mass is 10.1. The fourth-order valence-corrected chi connectivity index (χ4v) is 4.25. The molecule has 0 unspecified atom stereocenters. The number of hydrogen-bond donors (Lipinski definition) is 3. The minimum atomic E-state index is -0.321. The van der Waals surface area contributed by atoms with Gasteiger partial charge in [0.25, 0.3) is 0 Å². The maximum absolute atomic E-state index is 12.8. The molecule has 2 aliphatic heterocycles. The van der Waals surface area contributed by atoms with E-state index in [2.05, 4.69) is 31.9 Å². The average Bonchev–Trinajstić information content (AvgIpc) is 3.34. The first-order valence-corrected chi connectivity index (χ1v) is 11.2. The van der Waals surface area contributed by atoms with Crippen LogP contribution in [0.1, 0.15) is 38.7 Å². The molecule has 3 amide bonds. The van der Waals surface area contributed by atoms with Crippen molar-refractivity contribution in [2.24, 2.45) is 5.92 Å². The Kier molecular flexibility index (Phi) is 7.91. The summed E-state index contributed by atoms with van der Waals surface area (Å²) >= 11 is 3.60. The van der Waals surface area contributed by atoms with Crippen LogP contribution >= 0.6 is 15.9 Å². The van der Waals surface area contributed by atoms with Gasteiger partial charge in [-0.15, -0.1) is 0 Å². The smallest absolute Gasteiger partial charge is 0.324 e. The molecule has 8 heteroatoms. The lowest BCUT2D eigenvalue weighted by Crippen LogP contribution is -2.48. The van der Waals surface area contributed by atoms with Crippen LogP contribution < -0.4 is 20.7 Å². The van der Waals surface area contributed by atoms with E-state index in [0.717, 1.165) is 54.8 Å². The molecule has 2 heterocycles. The van der Waals surface area contributed by atoms with Crippen molar-refractivity contribution in [3.63, 3.8) is 0 Å². The highest BCUT2D eigenvalue weighted by molar-refractivity contribution is 9.10. The number of amides is 3. The van der Waals surface area contributed by atoms with Crippen LogP contribution in [0.15, 0.2) is 22.7 Å². The van der Waals surface area contributed by atoms with E-state index in [4.69, 9.17) is 4.74 Å². The summed E-state index contributed by atoms with van der Waals surface area (Å²) in [6.45, 7) is 7.83. The fourth-order valence-electron chi connectivity index (χ4n) is 3.73. The first-order chi connectivity index (χ1) is 13.9. The van der Waals surface area contributed by atoms with Gasteiger partial charge in [-0.25, -0.2) is 4.79 Å². The minimum absolute atomic E-state index is 0.0705. The van der Waals surface area contributed by atoms with Gasteiger partial charge in [-0.3, -0.25) is 10.1 Å². The van der Waals surface area contributed by atoms with E-state index < -0.39 is 0 Å². The number of carbonyl (C=O) groups excluding carboxylic acids is 2. The molecule has 0 saturated carbocycles. The molecule has 0 spiro atoms. The quantitative estimate of drug-likeness (QED) is 0.575. The predicted octanol–water partition coefficient (Wildman–Crippen LogP) is 2.64. The van der Waals surface area contributed by atoms with Gasteiger partial charge in [0, 0.05) is 32.1 Å². The number of hydrogen-bond acceptors (Lipinski definition) is 5. The summed E-state index contributed by atoms with van der Waals surface area (Å²) in [7, 11) is 0. The van der Waals surface area contributed by atoms with Crippen molar-refractivity contribution in [3.8, 4) is 5.75 Å². The molecule has 2 aliphatic rings. The number of ether oxygens (including phenoxy) is 1. The van der Waals surface area contributed by atoms with E-state index in [0.29, 0.717) is 13.0 Å². The molecule has 2 fully saturated rings. The molecule has 0 bridgehead atoms. The Labute approximate surface area is 181 Å². The minimum Gasteiger partial charge on any atom is -0.488 e. The zero-order valence-electron chi connectivity index (χ0n) is 17.2. The molecule has 1 aromatic carbocycles. The summed E-state index contributed by atoms with van der Waals surface area (Å²) in [5, 5.41) is 9.15. The Hall–Kier alpha value is -1.64. The zero-order valence-corrected chi connectivity index (χ0v) is 18.8. The maximum atomic E-state index is 12.8. The number of nitrogens with one attached hydrogen (secondary N) is 3. The van der Waals surface area contributed by atoms with E-state index in [-0.39, 0.29) is 30.0 Å². The Morgan fingerprint density at radius 2 is 2.00 bits per heavy atom. The van der Waals surface area contributed by atoms with Crippen molar-refractivity contribution in [2.75, 3.05) is 26.2 Å². The van der Waals surface area contributed by atoms with Crippen molar-refractivity contribution in [3.05, 3.63) is 28.2 Å². The first-order valence-electron chi connectivity index (χ1n) is 10.4. The molecule has 0 aromatic heterocycles. The molecule has 0 radical (unpaired) electrons. The van der Waals surface area contributed by atoms with Gasteiger partial charge in [-0.2, -0.15) is 0 Å². The Bertz CT molecular complexity index is 716. The van der Waals surface area contributed by atoms with Gasteiger partial charge in [-0.05, 0) is 65.5 Å². The van der Waals surface area contributed by atoms with Crippen LogP contribution in [0.25, 0.3) is 0 Å².